The third-order valence-corrected chi connectivity index (χ3v) is 4.57. The fourth-order valence-corrected chi connectivity index (χ4v) is 3.17. The van der Waals surface area contributed by atoms with Crippen LogP contribution in [0.5, 0.6) is 0 Å². The summed E-state index contributed by atoms with van der Waals surface area (Å²) in [6, 6.07) is 23.0. The van der Waals surface area contributed by atoms with Gasteiger partial charge in [-0.15, -0.1) is 0 Å². The maximum atomic E-state index is 13.3. The van der Waals surface area contributed by atoms with E-state index in [0.717, 1.165) is 11.1 Å². The lowest BCUT2D eigenvalue weighted by Gasteiger charge is -2.18. The highest BCUT2D eigenvalue weighted by Crippen LogP contribution is 2.27. The van der Waals surface area contributed by atoms with Crippen LogP contribution >= 0.6 is 0 Å². The highest BCUT2D eigenvalue weighted by molar-refractivity contribution is 6.02. The second-order valence-electron chi connectivity index (χ2n) is 6.53. The molecule has 0 radical (unpaired) electrons. The molecule has 0 bridgehead atoms. The zero-order chi connectivity index (χ0) is 21.5. The quantitative estimate of drug-likeness (QED) is 0.629. The predicted molar refractivity (Wildman–Crippen MR) is 112 cm³/mol. The molecule has 0 aromatic heterocycles. The maximum absolute atomic E-state index is 13.3. The summed E-state index contributed by atoms with van der Waals surface area (Å²) >= 11 is 0. The van der Waals surface area contributed by atoms with Crippen LogP contribution in [0.25, 0.3) is 0 Å². The number of nitrogens with one attached hydrogen (secondary N) is 1. The molecule has 0 unspecified atom stereocenters. The molecule has 152 valence electrons. The summed E-state index contributed by atoms with van der Waals surface area (Å²) in [5.74, 6) is -2.13. The Bertz CT molecular complexity index is 974. The van der Waals surface area contributed by atoms with Crippen LogP contribution in [-0.2, 0) is 14.3 Å². The van der Waals surface area contributed by atoms with Crippen molar-refractivity contribution in [3.8, 4) is 0 Å². The third-order valence-electron chi connectivity index (χ3n) is 4.57. The minimum atomic E-state index is -0.626. The standard InChI is InChI=1S/C24H21NO5/c1-29-23(27)18-13-19(24(28)30-2)15-20(14-18)25-22(26)21(16-9-5-3-6-10-16)17-11-7-4-8-12-17/h3-15,21H,1-2H3,(H,25,26). The molecule has 3 aromatic rings. The zero-order valence-electron chi connectivity index (χ0n) is 16.6. The summed E-state index contributed by atoms with van der Waals surface area (Å²) in [5.41, 5.74) is 2.19. The lowest BCUT2D eigenvalue weighted by Crippen LogP contribution is -2.22. The van der Waals surface area contributed by atoms with Crippen LogP contribution in [0, 0.1) is 0 Å². The van der Waals surface area contributed by atoms with E-state index in [-0.39, 0.29) is 17.0 Å². The molecule has 0 aliphatic heterocycles. The van der Waals surface area contributed by atoms with Gasteiger partial charge in [-0.2, -0.15) is 0 Å². The highest BCUT2D eigenvalue weighted by Gasteiger charge is 2.23. The molecule has 0 fully saturated rings. The van der Waals surface area contributed by atoms with Crippen molar-refractivity contribution in [2.75, 3.05) is 19.5 Å². The molecule has 3 aromatic carbocycles. The molecular weight excluding hydrogens is 382 g/mol. The maximum Gasteiger partial charge on any atom is 0.337 e. The van der Waals surface area contributed by atoms with Gasteiger partial charge in [-0.05, 0) is 29.3 Å². The van der Waals surface area contributed by atoms with Gasteiger partial charge in [0.2, 0.25) is 5.91 Å². The minimum Gasteiger partial charge on any atom is -0.465 e. The number of rotatable bonds is 6. The Morgan fingerprint density at radius 1 is 0.700 bits per heavy atom. The van der Waals surface area contributed by atoms with E-state index in [1.807, 2.05) is 60.7 Å². The number of methoxy groups -OCH3 is 2. The first-order chi connectivity index (χ1) is 14.5. The van der Waals surface area contributed by atoms with Gasteiger partial charge in [-0.3, -0.25) is 4.79 Å². The molecule has 0 aliphatic rings. The van der Waals surface area contributed by atoms with Crippen LogP contribution in [-0.4, -0.2) is 32.1 Å². The van der Waals surface area contributed by atoms with Crippen molar-refractivity contribution >= 4 is 23.5 Å². The van der Waals surface area contributed by atoms with Crippen LogP contribution in [0.15, 0.2) is 78.9 Å². The Morgan fingerprint density at radius 3 is 1.53 bits per heavy atom. The summed E-state index contributed by atoms with van der Waals surface area (Å²) in [5, 5.41) is 2.82. The monoisotopic (exact) mass is 403 g/mol. The number of amides is 1. The molecule has 0 heterocycles. The SMILES string of the molecule is COC(=O)c1cc(NC(=O)C(c2ccccc2)c2ccccc2)cc(C(=O)OC)c1. The highest BCUT2D eigenvalue weighted by atomic mass is 16.5. The first-order valence-corrected chi connectivity index (χ1v) is 9.26. The zero-order valence-corrected chi connectivity index (χ0v) is 16.6. The molecule has 6 heteroatoms. The topological polar surface area (TPSA) is 81.7 Å². The van der Waals surface area contributed by atoms with Gasteiger partial charge in [-0.1, -0.05) is 60.7 Å². The van der Waals surface area contributed by atoms with Crippen molar-refractivity contribution in [1.29, 1.82) is 0 Å². The van der Waals surface area contributed by atoms with Gasteiger partial charge in [-0.25, -0.2) is 9.59 Å². The number of carbonyl (C=O) groups excluding carboxylic acids is 3. The molecule has 1 amide bonds. The number of esters is 2. The largest absolute Gasteiger partial charge is 0.465 e. The minimum absolute atomic E-state index is 0.131. The van der Waals surface area contributed by atoms with Crippen molar-refractivity contribution in [2.24, 2.45) is 0 Å². The second kappa shape index (κ2) is 9.52. The number of carbonyl (C=O) groups is 3. The van der Waals surface area contributed by atoms with Crippen LogP contribution < -0.4 is 5.32 Å². The van der Waals surface area contributed by atoms with E-state index in [9.17, 15) is 14.4 Å². The smallest absolute Gasteiger partial charge is 0.337 e. The Labute approximate surface area is 174 Å². The molecule has 3 rings (SSSR count). The lowest BCUT2D eigenvalue weighted by atomic mass is 9.90. The van der Waals surface area contributed by atoms with Gasteiger partial charge < -0.3 is 14.8 Å². The van der Waals surface area contributed by atoms with Gasteiger partial charge in [0.05, 0.1) is 31.3 Å². The van der Waals surface area contributed by atoms with Crippen molar-refractivity contribution in [3.05, 3.63) is 101 Å². The van der Waals surface area contributed by atoms with Gasteiger partial charge >= 0.3 is 11.9 Å². The molecule has 6 nitrogen and oxygen atoms in total. The lowest BCUT2D eigenvalue weighted by molar-refractivity contribution is -0.116. The van der Waals surface area contributed by atoms with Crippen molar-refractivity contribution in [3.63, 3.8) is 0 Å². The summed E-state index contributed by atoms with van der Waals surface area (Å²) in [6.45, 7) is 0. The normalized spacial score (nSPS) is 10.4. The van der Waals surface area contributed by atoms with Gasteiger partial charge in [0.15, 0.2) is 0 Å². The molecule has 0 spiro atoms. The van der Waals surface area contributed by atoms with E-state index in [2.05, 4.69) is 5.32 Å². The molecule has 0 saturated carbocycles. The van der Waals surface area contributed by atoms with Crippen LogP contribution in [0.4, 0.5) is 5.69 Å². The summed E-state index contributed by atoms with van der Waals surface area (Å²) in [7, 11) is 2.48. The number of anilines is 1. The number of hydrogen-bond donors (Lipinski definition) is 1. The number of benzene rings is 3. The van der Waals surface area contributed by atoms with Crippen LogP contribution in [0.2, 0.25) is 0 Å². The third kappa shape index (κ3) is 4.72. The molecule has 0 saturated heterocycles. The Balaban J connectivity index is 1.99. The van der Waals surface area contributed by atoms with E-state index >= 15 is 0 Å². The van der Waals surface area contributed by atoms with E-state index in [1.165, 1.54) is 32.4 Å². The van der Waals surface area contributed by atoms with Gasteiger partial charge in [0, 0.05) is 5.69 Å². The van der Waals surface area contributed by atoms with E-state index < -0.39 is 17.9 Å². The van der Waals surface area contributed by atoms with Gasteiger partial charge in [0.1, 0.15) is 0 Å². The molecule has 1 N–H and O–H groups in total. The first kappa shape index (κ1) is 20.8. The Hall–Kier alpha value is -3.93. The van der Waals surface area contributed by atoms with E-state index in [1.54, 1.807) is 0 Å². The summed E-state index contributed by atoms with van der Waals surface area (Å²) < 4.78 is 9.49. The summed E-state index contributed by atoms with van der Waals surface area (Å²) in [4.78, 5) is 37.3. The fourth-order valence-electron chi connectivity index (χ4n) is 3.17. The van der Waals surface area contributed by atoms with Gasteiger partial charge in [0.25, 0.3) is 0 Å². The first-order valence-electron chi connectivity index (χ1n) is 9.26. The molecule has 30 heavy (non-hydrogen) atoms. The average Bonchev–Trinajstić information content (AvgIpc) is 2.79. The number of hydrogen-bond acceptors (Lipinski definition) is 5. The summed E-state index contributed by atoms with van der Waals surface area (Å²) in [6.07, 6.45) is 0. The Morgan fingerprint density at radius 2 is 1.13 bits per heavy atom. The second-order valence-corrected chi connectivity index (χ2v) is 6.53. The molecule has 0 aliphatic carbocycles. The van der Waals surface area contributed by atoms with Crippen LogP contribution in [0.3, 0.4) is 0 Å². The fraction of sp³-hybridized carbons (Fsp3) is 0.125. The van der Waals surface area contributed by atoms with Crippen molar-refractivity contribution < 1.29 is 23.9 Å². The Kier molecular flexibility index (Phi) is 6.60. The molecular formula is C24H21NO5. The average molecular weight is 403 g/mol. The van der Waals surface area contributed by atoms with Crippen molar-refractivity contribution in [1.82, 2.24) is 0 Å². The number of ether oxygens (including phenoxy) is 2. The van der Waals surface area contributed by atoms with E-state index in [0.29, 0.717) is 5.69 Å². The van der Waals surface area contributed by atoms with Crippen molar-refractivity contribution in [2.45, 2.75) is 5.92 Å². The predicted octanol–water partition coefficient (Wildman–Crippen LogP) is 4.03. The molecule has 0 atom stereocenters. The van der Waals surface area contributed by atoms with E-state index in [4.69, 9.17) is 9.47 Å². The van der Waals surface area contributed by atoms with Crippen LogP contribution in [0.1, 0.15) is 37.8 Å².